The molecule has 4 nitrogen and oxygen atoms in total. The Labute approximate surface area is 79.6 Å². The van der Waals surface area contributed by atoms with E-state index < -0.39 is 10.0 Å². The molecular formula is C5H7ClN2O2S2. The lowest BCUT2D eigenvalue weighted by molar-refractivity contribution is 0.586. The fraction of sp³-hybridized carbons (Fsp3) is 0.400. The summed E-state index contributed by atoms with van der Waals surface area (Å²) in [5.74, 6) is 0. The number of rotatable bonds is 3. The summed E-state index contributed by atoms with van der Waals surface area (Å²) in [6, 6.07) is 0. The molecule has 1 aromatic heterocycles. The largest absolute Gasteiger partial charge is 0.251 e. The molecule has 0 aliphatic carbocycles. The van der Waals surface area contributed by atoms with Gasteiger partial charge in [0.2, 0.25) is 0 Å². The van der Waals surface area contributed by atoms with E-state index >= 15 is 0 Å². The van der Waals surface area contributed by atoms with Crippen molar-refractivity contribution in [1.29, 1.82) is 0 Å². The van der Waals surface area contributed by atoms with Crippen molar-refractivity contribution < 1.29 is 8.42 Å². The first-order chi connectivity index (χ1) is 5.56. The van der Waals surface area contributed by atoms with Crippen LogP contribution in [0.4, 0.5) is 0 Å². The Morgan fingerprint density at radius 1 is 1.75 bits per heavy atom. The summed E-state index contributed by atoms with van der Waals surface area (Å²) in [7, 11) is -3.37. The lowest BCUT2D eigenvalue weighted by atomic mass is 10.8. The Hall–Kier alpha value is -0.170. The van der Waals surface area contributed by atoms with Crippen LogP contribution in [-0.2, 0) is 10.0 Å². The molecule has 68 valence electrons. The minimum Gasteiger partial charge on any atom is -0.232 e. The van der Waals surface area contributed by atoms with E-state index in [4.69, 9.17) is 11.6 Å². The van der Waals surface area contributed by atoms with Gasteiger partial charge in [-0.3, -0.25) is 0 Å². The van der Waals surface area contributed by atoms with E-state index in [1.54, 1.807) is 6.92 Å². The van der Waals surface area contributed by atoms with Crippen molar-refractivity contribution in [2.24, 2.45) is 0 Å². The van der Waals surface area contributed by atoms with Crippen LogP contribution in [0.3, 0.4) is 0 Å². The molecule has 0 radical (unpaired) electrons. The number of halogens is 1. The Balaban J connectivity index is 2.98. The molecule has 1 heterocycles. The fourth-order valence-corrected chi connectivity index (χ4v) is 3.00. The summed E-state index contributed by atoms with van der Waals surface area (Å²) in [5, 5.41) is 0. The number of hydrogen-bond donors (Lipinski definition) is 1. The standard InChI is InChI=1S/C5H7ClN2O2S2/c1-2-8-12(9,10)4-3-7-5(6)11-4/h3,8H,2H2,1H3. The second-order valence-electron chi connectivity index (χ2n) is 1.93. The number of aromatic nitrogens is 1. The van der Waals surface area contributed by atoms with Crippen LogP contribution in [0, 0.1) is 0 Å². The van der Waals surface area contributed by atoms with Gasteiger partial charge < -0.3 is 0 Å². The number of sulfonamides is 1. The second-order valence-corrected chi connectivity index (χ2v) is 5.54. The zero-order valence-corrected chi connectivity index (χ0v) is 8.63. The van der Waals surface area contributed by atoms with E-state index in [0.29, 0.717) is 6.54 Å². The molecule has 0 amide bonds. The lowest BCUT2D eigenvalue weighted by Crippen LogP contribution is -2.22. The Bertz CT molecular complexity index is 359. The van der Waals surface area contributed by atoms with Gasteiger partial charge in [-0.1, -0.05) is 29.9 Å². The first kappa shape index (κ1) is 9.91. The van der Waals surface area contributed by atoms with Crippen LogP contribution in [0.15, 0.2) is 10.4 Å². The summed E-state index contributed by atoms with van der Waals surface area (Å²) in [6.45, 7) is 2.07. The van der Waals surface area contributed by atoms with Crippen LogP contribution < -0.4 is 4.72 Å². The number of nitrogens with zero attached hydrogens (tertiary/aromatic N) is 1. The first-order valence-corrected chi connectivity index (χ1v) is 5.85. The molecule has 7 heteroatoms. The minimum atomic E-state index is -3.37. The molecule has 0 saturated carbocycles. The summed E-state index contributed by atoms with van der Waals surface area (Å²) >= 11 is 6.42. The smallest absolute Gasteiger partial charge is 0.232 e. The normalized spacial score (nSPS) is 11.8. The molecule has 0 unspecified atom stereocenters. The van der Waals surface area contributed by atoms with Crippen LogP contribution >= 0.6 is 22.9 Å². The van der Waals surface area contributed by atoms with Gasteiger partial charge in [0.05, 0.1) is 6.20 Å². The molecule has 0 saturated heterocycles. The molecule has 1 N–H and O–H groups in total. The van der Waals surface area contributed by atoms with Gasteiger partial charge in [-0.2, -0.15) is 0 Å². The molecule has 0 fully saturated rings. The molecule has 0 aromatic carbocycles. The summed E-state index contributed by atoms with van der Waals surface area (Å²) in [6.07, 6.45) is 1.24. The first-order valence-electron chi connectivity index (χ1n) is 3.17. The minimum absolute atomic E-state index is 0.148. The Morgan fingerprint density at radius 2 is 2.42 bits per heavy atom. The highest BCUT2D eigenvalue weighted by molar-refractivity contribution is 7.91. The molecule has 0 bridgehead atoms. The molecule has 1 rings (SSSR count). The third-order valence-electron chi connectivity index (χ3n) is 1.06. The SMILES string of the molecule is CCNS(=O)(=O)c1cnc(Cl)s1. The monoisotopic (exact) mass is 226 g/mol. The molecule has 12 heavy (non-hydrogen) atoms. The van der Waals surface area contributed by atoms with Crippen molar-refractivity contribution in [3.8, 4) is 0 Å². The van der Waals surface area contributed by atoms with E-state index in [-0.39, 0.29) is 8.68 Å². The van der Waals surface area contributed by atoms with E-state index in [1.165, 1.54) is 6.20 Å². The van der Waals surface area contributed by atoms with Crippen LogP contribution in [0.25, 0.3) is 0 Å². The topological polar surface area (TPSA) is 59.1 Å². The maximum Gasteiger partial charge on any atom is 0.251 e. The van der Waals surface area contributed by atoms with Gasteiger partial charge in [0, 0.05) is 6.54 Å². The van der Waals surface area contributed by atoms with Crippen molar-refractivity contribution in [3.63, 3.8) is 0 Å². The molecule has 0 aliphatic rings. The average Bonchev–Trinajstić information content (AvgIpc) is 2.36. The number of hydrogen-bond acceptors (Lipinski definition) is 4. The predicted molar refractivity (Wildman–Crippen MR) is 48.0 cm³/mol. The van der Waals surface area contributed by atoms with Crippen LogP contribution in [0.2, 0.25) is 4.47 Å². The zero-order chi connectivity index (χ0) is 9.19. The van der Waals surface area contributed by atoms with Crippen molar-refractivity contribution >= 4 is 33.0 Å². The van der Waals surface area contributed by atoms with Gasteiger partial charge >= 0.3 is 0 Å². The number of thiazole rings is 1. The maximum atomic E-state index is 11.2. The van der Waals surface area contributed by atoms with Crippen LogP contribution in [-0.4, -0.2) is 19.9 Å². The van der Waals surface area contributed by atoms with Gasteiger partial charge in [0.1, 0.15) is 0 Å². The highest BCUT2D eigenvalue weighted by Crippen LogP contribution is 2.21. The van der Waals surface area contributed by atoms with Gasteiger partial charge in [-0.25, -0.2) is 18.1 Å². The summed E-state index contributed by atoms with van der Waals surface area (Å²) in [5.41, 5.74) is 0. The van der Waals surface area contributed by atoms with Gasteiger partial charge in [-0.15, -0.1) is 0 Å². The predicted octanol–water partition coefficient (Wildman–Crippen LogP) is 1.09. The Kier molecular flexibility index (Phi) is 3.05. The van der Waals surface area contributed by atoms with Gasteiger partial charge in [0.15, 0.2) is 8.68 Å². The van der Waals surface area contributed by atoms with Crippen molar-refractivity contribution in [3.05, 3.63) is 10.7 Å². The van der Waals surface area contributed by atoms with Gasteiger partial charge in [0.25, 0.3) is 10.0 Å². The quantitative estimate of drug-likeness (QED) is 0.840. The highest BCUT2D eigenvalue weighted by atomic mass is 35.5. The van der Waals surface area contributed by atoms with Crippen molar-refractivity contribution in [2.75, 3.05) is 6.54 Å². The third kappa shape index (κ3) is 2.16. The van der Waals surface area contributed by atoms with Crippen molar-refractivity contribution in [2.45, 2.75) is 11.1 Å². The zero-order valence-electron chi connectivity index (χ0n) is 6.24. The maximum absolute atomic E-state index is 11.2. The van der Waals surface area contributed by atoms with Crippen LogP contribution in [0.1, 0.15) is 6.92 Å². The molecule has 0 aliphatic heterocycles. The van der Waals surface area contributed by atoms with Gasteiger partial charge in [-0.05, 0) is 0 Å². The summed E-state index contributed by atoms with van der Waals surface area (Å²) < 4.78 is 25.2. The number of nitrogens with one attached hydrogen (secondary N) is 1. The van der Waals surface area contributed by atoms with Crippen LogP contribution in [0.5, 0.6) is 0 Å². The van der Waals surface area contributed by atoms with E-state index in [9.17, 15) is 8.42 Å². The lowest BCUT2D eigenvalue weighted by Gasteiger charge is -1.98. The van der Waals surface area contributed by atoms with E-state index in [1.807, 2.05) is 0 Å². The highest BCUT2D eigenvalue weighted by Gasteiger charge is 2.15. The van der Waals surface area contributed by atoms with E-state index in [2.05, 4.69) is 9.71 Å². The molecule has 0 spiro atoms. The summed E-state index contributed by atoms with van der Waals surface area (Å²) in [4.78, 5) is 3.63. The Morgan fingerprint density at radius 3 is 2.83 bits per heavy atom. The van der Waals surface area contributed by atoms with E-state index in [0.717, 1.165) is 11.3 Å². The average molecular weight is 227 g/mol. The molecule has 0 atom stereocenters. The third-order valence-corrected chi connectivity index (χ3v) is 4.18. The van der Waals surface area contributed by atoms with Crippen molar-refractivity contribution in [1.82, 2.24) is 9.71 Å². The second kappa shape index (κ2) is 3.69. The molecular weight excluding hydrogens is 220 g/mol. The molecule has 1 aromatic rings. The fourth-order valence-electron chi connectivity index (χ4n) is 0.625.